The van der Waals surface area contributed by atoms with Gasteiger partial charge in [-0.3, -0.25) is 4.79 Å². The summed E-state index contributed by atoms with van der Waals surface area (Å²) >= 11 is 0. The molecule has 0 fully saturated rings. The lowest BCUT2D eigenvalue weighted by atomic mass is 9.86. The molecule has 0 aliphatic rings. The highest BCUT2D eigenvalue weighted by molar-refractivity contribution is 5.97. The molecule has 1 atom stereocenters. The SMILES string of the molecule is CC(C)(C)OC(=O)[C@H](Cc1ccc(O)cc1)NC(=O)c1ccc(C(C)(C)C)cc1. The van der Waals surface area contributed by atoms with Crippen LogP contribution in [0, 0.1) is 0 Å². The lowest BCUT2D eigenvalue weighted by Gasteiger charge is -2.25. The number of phenolic OH excluding ortho intramolecular Hbond substituents is 1. The average molecular weight is 398 g/mol. The number of ether oxygens (including phenoxy) is 1. The fourth-order valence-corrected chi connectivity index (χ4v) is 2.80. The second-order valence-corrected chi connectivity index (χ2v) is 9.26. The maximum absolute atomic E-state index is 12.8. The first-order chi connectivity index (χ1) is 13.3. The summed E-state index contributed by atoms with van der Waals surface area (Å²) in [6.07, 6.45) is 0.265. The van der Waals surface area contributed by atoms with E-state index in [1.54, 1.807) is 57.2 Å². The van der Waals surface area contributed by atoms with Crippen LogP contribution in [0.2, 0.25) is 0 Å². The Kier molecular flexibility index (Phi) is 6.73. The van der Waals surface area contributed by atoms with Crippen LogP contribution < -0.4 is 5.32 Å². The Morgan fingerprint density at radius 1 is 0.931 bits per heavy atom. The van der Waals surface area contributed by atoms with Crippen LogP contribution in [0.15, 0.2) is 48.5 Å². The van der Waals surface area contributed by atoms with Gasteiger partial charge in [-0.15, -0.1) is 0 Å². The van der Waals surface area contributed by atoms with Crippen molar-refractivity contribution in [1.29, 1.82) is 0 Å². The quantitative estimate of drug-likeness (QED) is 0.735. The largest absolute Gasteiger partial charge is 0.508 e. The molecule has 0 saturated carbocycles. The number of phenols is 1. The van der Waals surface area contributed by atoms with Crippen LogP contribution in [0.25, 0.3) is 0 Å². The van der Waals surface area contributed by atoms with Gasteiger partial charge < -0.3 is 15.2 Å². The zero-order valence-corrected chi connectivity index (χ0v) is 18.1. The minimum absolute atomic E-state index is 0.00702. The zero-order valence-electron chi connectivity index (χ0n) is 18.1. The first-order valence-corrected chi connectivity index (χ1v) is 9.77. The van der Waals surface area contributed by atoms with Crippen molar-refractivity contribution in [3.05, 3.63) is 65.2 Å². The highest BCUT2D eigenvalue weighted by atomic mass is 16.6. The molecule has 5 heteroatoms. The third-order valence-corrected chi connectivity index (χ3v) is 4.39. The smallest absolute Gasteiger partial charge is 0.329 e. The Hall–Kier alpha value is -2.82. The van der Waals surface area contributed by atoms with Gasteiger partial charge in [-0.25, -0.2) is 4.79 Å². The molecule has 2 rings (SSSR count). The molecule has 0 heterocycles. The molecule has 0 aliphatic heterocycles. The minimum atomic E-state index is -0.839. The summed E-state index contributed by atoms with van der Waals surface area (Å²) in [5, 5.41) is 12.3. The molecule has 5 nitrogen and oxygen atoms in total. The molecule has 0 spiro atoms. The number of aromatic hydroxyl groups is 1. The molecule has 156 valence electrons. The second-order valence-electron chi connectivity index (χ2n) is 9.26. The monoisotopic (exact) mass is 397 g/mol. The van der Waals surface area contributed by atoms with Gasteiger partial charge in [0.05, 0.1) is 0 Å². The number of nitrogens with one attached hydrogen (secondary N) is 1. The number of amides is 1. The Morgan fingerprint density at radius 3 is 1.97 bits per heavy atom. The van der Waals surface area contributed by atoms with E-state index in [2.05, 4.69) is 26.1 Å². The number of rotatable bonds is 5. The molecule has 0 aromatic heterocycles. The summed E-state index contributed by atoms with van der Waals surface area (Å²) in [7, 11) is 0. The summed E-state index contributed by atoms with van der Waals surface area (Å²) < 4.78 is 5.49. The fraction of sp³-hybridized carbons (Fsp3) is 0.417. The number of esters is 1. The third kappa shape index (κ3) is 6.93. The molecule has 2 N–H and O–H groups in total. The Balaban J connectivity index is 2.20. The minimum Gasteiger partial charge on any atom is -0.508 e. The van der Waals surface area contributed by atoms with E-state index in [-0.39, 0.29) is 23.5 Å². The van der Waals surface area contributed by atoms with E-state index in [0.717, 1.165) is 11.1 Å². The van der Waals surface area contributed by atoms with Gasteiger partial charge in [0.25, 0.3) is 5.91 Å². The number of hydrogen-bond donors (Lipinski definition) is 2. The first kappa shape index (κ1) is 22.5. The van der Waals surface area contributed by atoms with E-state index in [1.807, 2.05) is 12.1 Å². The van der Waals surface area contributed by atoms with E-state index in [0.29, 0.717) is 5.56 Å². The van der Waals surface area contributed by atoms with Gasteiger partial charge in [0, 0.05) is 12.0 Å². The van der Waals surface area contributed by atoms with Crippen molar-refractivity contribution in [3.8, 4) is 5.75 Å². The van der Waals surface area contributed by atoms with Crippen molar-refractivity contribution < 1.29 is 19.4 Å². The van der Waals surface area contributed by atoms with Crippen LogP contribution in [-0.2, 0) is 21.4 Å². The van der Waals surface area contributed by atoms with Crippen molar-refractivity contribution in [2.24, 2.45) is 0 Å². The highest BCUT2D eigenvalue weighted by Crippen LogP contribution is 2.22. The van der Waals surface area contributed by atoms with E-state index >= 15 is 0 Å². The van der Waals surface area contributed by atoms with Crippen molar-refractivity contribution in [2.75, 3.05) is 0 Å². The number of carbonyl (C=O) groups excluding carboxylic acids is 2. The molecule has 0 bridgehead atoms. The first-order valence-electron chi connectivity index (χ1n) is 9.77. The standard InChI is InChI=1S/C24H31NO4/c1-23(2,3)18-11-9-17(10-12-18)21(27)25-20(22(28)29-24(4,5)6)15-16-7-13-19(26)14-8-16/h7-14,20,26H,15H2,1-6H3,(H,25,27)/t20-/m0/s1. The molecule has 0 radical (unpaired) electrons. The molecule has 2 aromatic carbocycles. The summed E-state index contributed by atoms with van der Waals surface area (Å²) in [6, 6.07) is 13.1. The number of hydrogen-bond acceptors (Lipinski definition) is 4. The third-order valence-electron chi connectivity index (χ3n) is 4.39. The predicted molar refractivity (Wildman–Crippen MR) is 114 cm³/mol. The normalized spacial score (nSPS) is 12.9. The van der Waals surface area contributed by atoms with Crippen molar-refractivity contribution in [2.45, 2.75) is 65.0 Å². The molecule has 2 aromatic rings. The van der Waals surface area contributed by atoms with Gasteiger partial charge in [0.2, 0.25) is 0 Å². The van der Waals surface area contributed by atoms with E-state index in [4.69, 9.17) is 4.74 Å². The summed E-state index contributed by atoms with van der Waals surface area (Å²) in [5.74, 6) is -0.684. The van der Waals surface area contributed by atoms with Crippen LogP contribution in [0.1, 0.15) is 63.0 Å². The van der Waals surface area contributed by atoms with Crippen LogP contribution in [0.4, 0.5) is 0 Å². The summed E-state index contributed by atoms with van der Waals surface area (Å²) in [4.78, 5) is 25.5. The number of benzene rings is 2. The maximum atomic E-state index is 12.8. The van der Waals surface area contributed by atoms with Gasteiger partial charge >= 0.3 is 5.97 Å². The van der Waals surface area contributed by atoms with Gasteiger partial charge in [-0.2, -0.15) is 0 Å². The van der Waals surface area contributed by atoms with Crippen LogP contribution in [-0.4, -0.2) is 28.6 Å². The van der Waals surface area contributed by atoms with E-state index in [9.17, 15) is 14.7 Å². The Bertz CT molecular complexity index is 840. The fourth-order valence-electron chi connectivity index (χ4n) is 2.80. The van der Waals surface area contributed by atoms with Crippen LogP contribution in [0.5, 0.6) is 5.75 Å². The lowest BCUT2D eigenvalue weighted by Crippen LogP contribution is -2.45. The summed E-state index contributed by atoms with van der Waals surface area (Å²) in [5.41, 5.74) is 1.75. The Morgan fingerprint density at radius 2 is 1.48 bits per heavy atom. The maximum Gasteiger partial charge on any atom is 0.329 e. The topological polar surface area (TPSA) is 75.6 Å². The zero-order chi connectivity index (χ0) is 21.8. The molecular weight excluding hydrogens is 366 g/mol. The molecule has 29 heavy (non-hydrogen) atoms. The van der Waals surface area contributed by atoms with E-state index < -0.39 is 17.6 Å². The van der Waals surface area contributed by atoms with Gasteiger partial charge in [0.1, 0.15) is 17.4 Å². The van der Waals surface area contributed by atoms with Crippen molar-refractivity contribution in [3.63, 3.8) is 0 Å². The van der Waals surface area contributed by atoms with Gasteiger partial charge in [0.15, 0.2) is 0 Å². The van der Waals surface area contributed by atoms with Crippen LogP contribution in [0.3, 0.4) is 0 Å². The van der Waals surface area contributed by atoms with Gasteiger partial charge in [-0.1, -0.05) is 45.0 Å². The van der Waals surface area contributed by atoms with Gasteiger partial charge in [-0.05, 0) is 61.6 Å². The van der Waals surface area contributed by atoms with Crippen molar-refractivity contribution in [1.82, 2.24) is 5.32 Å². The van der Waals surface area contributed by atoms with Crippen molar-refractivity contribution >= 4 is 11.9 Å². The Labute approximate surface area is 173 Å². The lowest BCUT2D eigenvalue weighted by molar-refractivity contribution is -0.157. The molecule has 1 amide bonds. The molecule has 0 aliphatic carbocycles. The molecule has 0 unspecified atom stereocenters. The number of carbonyl (C=O) groups is 2. The van der Waals surface area contributed by atoms with E-state index in [1.165, 1.54) is 0 Å². The highest BCUT2D eigenvalue weighted by Gasteiger charge is 2.27. The average Bonchev–Trinajstić information content (AvgIpc) is 2.61. The van der Waals surface area contributed by atoms with Crippen LogP contribution >= 0.6 is 0 Å². The predicted octanol–water partition coefficient (Wildman–Crippen LogP) is 4.37. The summed E-state index contributed by atoms with van der Waals surface area (Å²) in [6.45, 7) is 11.7. The molecular formula is C24H31NO4. The molecule has 0 saturated heterocycles. The second kappa shape index (κ2) is 8.68.